The van der Waals surface area contributed by atoms with Crippen LogP contribution in [0.15, 0.2) is 61.2 Å². The standard InChI is InChI=1S/C20H19F.C4H4N2/c1-12-4-3-5-14-6-8-17-16-9-7-15(21)11-18(16)13(2)10-19(17)20(12)14;1-2-6-4-3-5-1/h6-12H,3-5H2,1-2H3;1-4H. The van der Waals surface area contributed by atoms with Crippen LogP contribution in [0.5, 0.6) is 0 Å². The first kappa shape index (κ1) is 17.6. The lowest BCUT2D eigenvalue weighted by atomic mass is 9.80. The highest BCUT2D eigenvalue weighted by Gasteiger charge is 2.20. The zero-order valence-corrected chi connectivity index (χ0v) is 15.7. The molecule has 0 saturated heterocycles. The van der Waals surface area contributed by atoms with Crippen LogP contribution in [-0.2, 0) is 6.42 Å². The number of rotatable bonds is 0. The molecule has 0 fully saturated rings. The van der Waals surface area contributed by atoms with Crippen LogP contribution in [0.1, 0.15) is 42.4 Å². The molecule has 1 unspecified atom stereocenters. The van der Waals surface area contributed by atoms with Gasteiger partial charge in [0.2, 0.25) is 0 Å². The van der Waals surface area contributed by atoms with Gasteiger partial charge in [-0.3, -0.25) is 9.97 Å². The van der Waals surface area contributed by atoms with Gasteiger partial charge >= 0.3 is 0 Å². The van der Waals surface area contributed by atoms with Gasteiger partial charge in [0, 0.05) is 24.8 Å². The van der Waals surface area contributed by atoms with E-state index in [1.165, 1.54) is 52.1 Å². The van der Waals surface area contributed by atoms with Crippen molar-refractivity contribution in [3.8, 4) is 0 Å². The average molecular weight is 358 g/mol. The molecule has 3 heteroatoms. The molecule has 3 aromatic carbocycles. The van der Waals surface area contributed by atoms with E-state index >= 15 is 0 Å². The lowest BCUT2D eigenvalue weighted by Gasteiger charge is -2.25. The molecule has 2 nitrogen and oxygen atoms in total. The number of halogens is 1. The quantitative estimate of drug-likeness (QED) is 0.342. The van der Waals surface area contributed by atoms with E-state index in [9.17, 15) is 4.39 Å². The number of aryl methyl sites for hydroxylation is 2. The summed E-state index contributed by atoms with van der Waals surface area (Å²) in [7, 11) is 0. The second kappa shape index (κ2) is 7.43. The molecule has 27 heavy (non-hydrogen) atoms. The summed E-state index contributed by atoms with van der Waals surface area (Å²) in [6.45, 7) is 4.43. The van der Waals surface area contributed by atoms with Gasteiger partial charge in [-0.05, 0) is 82.5 Å². The van der Waals surface area contributed by atoms with Crippen molar-refractivity contribution in [3.05, 3.63) is 83.7 Å². The Kier molecular flexibility index (Phi) is 4.85. The normalized spacial score (nSPS) is 15.9. The highest BCUT2D eigenvalue weighted by Crippen LogP contribution is 2.39. The summed E-state index contributed by atoms with van der Waals surface area (Å²) in [5.74, 6) is 0.464. The Labute approximate surface area is 159 Å². The summed E-state index contributed by atoms with van der Waals surface area (Å²) in [6, 6.07) is 11.9. The lowest BCUT2D eigenvalue weighted by Crippen LogP contribution is -2.07. The van der Waals surface area contributed by atoms with Crippen LogP contribution >= 0.6 is 0 Å². The number of benzene rings is 3. The molecule has 0 aliphatic heterocycles. The van der Waals surface area contributed by atoms with Crippen LogP contribution in [-0.4, -0.2) is 9.97 Å². The van der Waals surface area contributed by atoms with E-state index in [-0.39, 0.29) is 5.82 Å². The van der Waals surface area contributed by atoms with Crippen LogP contribution < -0.4 is 0 Å². The van der Waals surface area contributed by atoms with Crippen molar-refractivity contribution in [3.63, 3.8) is 0 Å². The Bertz CT molecular complexity index is 1060. The first-order chi connectivity index (χ1) is 13.1. The minimum Gasteiger partial charge on any atom is -0.262 e. The maximum absolute atomic E-state index is 13.6. The van der Waals surface area contributed by atoms with E-state index in [2.05, 4.69) is 42.0 Å². The zero-order valence-electron chi connectivity index (χ0n) is 15.7. The molecule has 0 radical (unpaired) electrons. The highest BCUT2D eigenvalue weighted by molar-refractivity contribution is 6.10. The lowest BCUT2D eigenvalue weighted by molar-refractivity contribution is 0.595. The molecule has 0 spiro atoms. The van der Waals surface area contributed by atoms with Gasteiger partial charge in [0.25, 0.3) is 0 Å². The van der Waals surface area contributed by atoms with Crippen molar-refractivity contribution < 1.29 is 4.39 Å². The van der Waals surface area contributed by atoms with E-state index in [1.807, 2.05) is 6.07 Å². The van der Waals surface area contributed by atoms with E-state index in [4.69, 9.17) is 0 Å². The van der Waals surface area contributed by atoms with E-state index in [0.29, 0.717) is 5.92 Å². The molecular formula is C24H23FN2. The monoisotopic (exact) mass is 358 g/mol. The van der Waals surface area contributed by atoms with Crippen LogP contribution in [0.2, 0.25) is 0 Å². The Morgan fingerprint density at radius 1 is 0.852 bits per heavy atom. The molecule has 0 amide bonds. The molecular weight excluding hydrogens is 335 g/mol. The fraction of sp³-hybridized carbons (Fsp3) is 0.250. The van der Waals surface area contributed by atoms with E-state index < -0.39 is 0 Å². The van der Waals surface area contributed by atoms with Gasteiger partial charge in [-0.1, -0.05) is 31.2 Å². The van der Waals surface area contributed by atoms with Crippen LogP contribution in [0.25, 0.3) is 21.5 Å². The number of nitrogens with zero attached hydrogens (tertiary/aromatic N) is 2. The van der Waals surface area contributed by atoms with Gasteiger partial charge in [0.15, 0.2) is 0 Å². The Morgan fingerprint density at radius 3 is 2.22 bits per heavy atom. The number of hydrogen-bond acceptors (Lipinski definition) is 2. The number of fused-ring (bicyclic) bond motifs is 5. The van der Waals surface area contributed by atoms with Gasteiger partial charge < -0.3 is 0 Å². The van der Waals surface area contributed by atoms with E-state index in [0.717, 1.165) is 5.39 Å². The van der Waals surface area contributed by atoms with E-state index in [1.54, 1.807) is 36.9 Å². The molecule has 1 heterocycles. The summed E-state index contributed by atoms with van der Waals surface area (Å²) in [5.41, 5.74) is 4.19. The summed E-state index contributed by atoms with van der Waals surface area (Å²) in [6.07, 6.45) is 10.3. The van der Waals surface area contributed by atoms with Gasteiger partial charge in [-0.2, -0.15) is 0 Å². The number of aromatic nitrogens is 2. The predicted octanol–water partition coefficient (Wildman–Crippen LogP) is 6.36. The van der Waals surface area contributed by atoms with Crippen molar-refractivity contribution in [2.45, 2.75) is 39.0 Å². The first-order valence-electron chi connectivity index (χ1n) is 9.49. The SMILES string of the molecule is Cc1cc2c3c(ccc2c2ccc(F)cc12)CCCC3C.c1cnccn1. The second-order valence-corrected chi connectivity index (χ2v) is 7.30. The topological polar surface area (TPSA) is 25.8 Å². The summed E-state index contributed by atoms with van der Waals surface area (Å²) < 4.78 is 13.6. The molecule has 5 rings (SSSR count). The first-order valence-corrected chi connectivity index (χ1v) is 9.49. The van der Waals surface area contributed by atoms with Crippen molar-refractivity contribution in [2.24, 2.45) is 0 Å². The van der Waals surface area contributed by atoms with Crippen LogP contribution in [0.4, 0.5) is 4.39 Å². The molecule has 0 saturated carbocycles. The van der Waals surface area contributed by atoms with Gasteiger partial charge in [0.05, 0.1) is 0 Å². The van der Waals surface area contributed by atoms with Crippen molar-refractivity contribution in [1.82, 2.24) is 9.97 Å². The molecule has 0 bridgehead atoms. The fourth-order valence-electron chi connectivity index (χ4n) is 4.24. The zero-order chi connectivity index (χ0) is 18.8. The van der Waals surface area contributed by atoms with Crippen molar-refractivity contribution >= 4 is 21.5 Å². The third-order valence-electron chi connectivity index (χ3n) is 5.49. The molecule has 1 aromatic heterocycles. The van der Waals surface area contributed by atoms with Gasteiger partial charge in [-0.15, -0.1) is 0 Å². The predicted molar refractivity (Wildman–Crippen MR) is 110 cm³/mol. The van der Waals surface area contributed by atoms with Crippen LogP contribution in [0.3, 0.4) is 0 Å². The van der Waals surface area contributed by atoms with Gasteiger partial charge in [0.1, 0.15) is 5.82 Å². The molecule has 4 aromatic rings. The molecule has 1 aliphatic rings. The Balaban J connectivity index is 0.000000257. The maximum atomic E-state index is 13.6. The van der Waals surface area contributed by atoms with Crippen molar-refractivity contribution in [2.75, 3.05) is 0 Å². The maximum Gasteiger partial charge on any atom is 0.123 e. The highest BCUT2D eigenvalue weighted by atomic mass is 19.1. The third-order valence-corrected chi connectivity index (χ3v) is 5.49. The largest absolute Gasteiger partial charge is 0.262 e. The molecule has 1 atom stereocenters. The smallest absolute Gasteiger partial charge is 0.123 e. The minimum atomic E-state index is -0.156. The summed E-state index contributed by atoms with van der Waals surface area (Å²) in [5, 5.41) is 4.84. The number of hydrogen-bond donors (Lipinski definition) is 0. The van der Waals surface area contributed by atoms with Crippen LogP contribution in [0, 0.1) is 12.7 Å². The third kappa shape index (κ3) is 3.42. The Hall–Kier alpha value is -2.81. The summed E-state index contributed by atoms with van der Waals surface area (Å²) in [4.78, 5) is 7.44. The molecule has 0 N–H and O–H groups in total. The average Bonchev–Trinajstić information content (AvgIpc) is 2.70. The molecule has 1 aliphatic carbocycles. The second-order valence-electron chi connectivity index (χ2n) is 7.30. The minimum absolute atomic E-state index is 0.156. The van der Waals surface area contributed by atoms with Gasteiger partial charge in [-0.25, -0.2) is 4.39 Å². The molecule has 136 valence electrons. The Morgan fingerprint density at radius 2 is 1.52 bits per heavy atom. The summed E-state index contributed by atoms with van der Waals surface area (Å²) >= 11 is 0. The fourth-order valence-corrected chi connectivity index (χ4v) is 4.24. The van der Waals surface area contributed by atoms with Crippen molar-refractivity contribution in [1.29, 1.82) is 0 Å².